The van der Waals surface area contributed by atoms with Gasteiger partial charge < -0.3 is 10.1 Å². The zero-order valence-electron chi connectivity index (χ0n) is 10.8. The molecule has 0 heterocycles. The molecular weight excluding hydrogens is 255 g/mol. The Morgan fingerprint density at radius 1 is 1.37 bits per heavy atom. The van der Waals surface area contributed by atoms with Crippen molar-refractivity contribution in [3.8, 4) is 5.75 Å². The van der Waals surface area contributed by atoms with Gasteiger partial charge in [0.05, 0.1) is 6.10 Å². The van der Waals surface area contributed by atoms with Gasteiger partial charge in [0, 0.05) is 12.5 Å². The van der Waals surface area contributed by atoms with E-state index in [0.29, 0.717) is 6.10 Å². The largest absolute Gasteiger partial charge is 0.490 e. The lowest BCUT2D eigenvalue weighted by atomic mass is 10.0. The van der Waals surface area contributed by atoms with E-state index in [0.717, 1.165) is 24.2 Å². The fourth-order valence-corrected chi connectivity index (χ4v) is 1.97. The zero-order valence-corrected chi connectivity index (χ0v) is 10.8. The fraction of sp³-hybridized carbons (Fsp3) is 0.571. The van der Waals surface area contributed by atoms with Gasteiger partial charge in [-0.25, -0.2) is 0 Å². The third-order valence-corrected chi connectivity index (χ3v) is 3.15. The van der Waals surface area contributed by atoms with Crippen molar-refractivity contribution < 1.29 is 17.9 Å². The van der Waals surface area contributed by atoms with Crippen LogP contribution in [0.4, 0.5) is 13.2 Å². The van der Waals surface area contributed by atoms with Crippen LogP contribution in [-0.2, 0) is 0 Å². The monoisotopic (exact) mass is 273 g/mol. The number of alkyl halides is 3. The van der Waals surface area contributed by atoms with Gasteiger partial charge in [-0.2, -0.15) is 13.2 Å². The van der Waals surface area contributed by atoms with Crippen LogP contribution >= 0.6 is 0 Å². The summed E-state index contributed by atoms with van der Waals surface area (Å²) in [4.78, 5) is 0. The summed E-state index contributed by atoms with van der Waals surface area (Å²) in [5.74, 6) is 0.743. The molecule has 19 heavy (non-hydrogen) atoms. The van der Waals surface area contributed by atoms with Gasteiger partial charge >= 0.3 is 6.18 Å². The second-order valence-electron chi connectivity index (χ2n) is 4.88. The lowest BCUT2D eigenvalue weighted by molar-refractivity contribution is -0.136. The molecule has 0 radical (unpaired) electrons. The molecule has 0 spiro atoms. The molecule has 0 aliphatic heterocycles. The van der Waals surface area contributed by atoms with Gasteiger partial charge in [0.2, 0.25) is 0 Å². The number of benzene rings is 1. The van der Waals surface area contributed by atoms with Gasteiger partial charge in [-0.1, -0.05) is 12.1 Å². The van der Waals surface area contributed by atoms with Crippen LogP contribution in [0, 0.1) is 0 Å². The van der Waals surface area contributed by atoms with E-state index in [4.69, 9.17) is 4.74 Å². The molecular formula is C14H18F3NO. The van der Waals surface area contributed by atoms with E-state index in [1.54, 1.807) is 7.05 Å². The fourth-order valence-electron chi connectivity index (χ4n) is 1.97. The molecule has 5 heteroatoms. The topological polar surface area (TPSA) is 21.3 Å². The van der Waals surface area contributed by atoms with E-state index in [1.807, 2.05) is 24.3 Å². The maximum atomic E-state index is 12.3. The van der Waals surface area contributed by atoms with E-state index in [9.17, 15) is 13.2 Å². The van der Waals surface area contributed by atoms with E-state index in [-0.39, 0.29) is 12.5 Å². The summed E-state index contributed by atoms with van der Waals surface area (Å²) in [6.45, 7) is 0. The van der Waals surface area contributed by atoms with Crippen LogP contribution in [0.3, 0.4) is 0 Å². The first kappa shape index (κ1) is 14.2. The first-order valence-electron chi connectivity index (χ1n) is 6.48. The highest BCUT2D eigenvalue weighted by Gasteiger charge is 2.28. The Kier molecular flexibility index (Phi) is 4.34. The highest BCUT2D eigenvalue weighted by atomic mass is 19.4. The van der Waals surface area contributed by atoms with Gasteiger partial charge in [-0.15, -0.1) is 0 Å². The summed E-state index contributed by atoms with van der Waals surface area (Å²) in [5.41, 5.74) is 0.838. The Morgan fingerprint density at radius 2 is 2.11 bits per heavy atom. The van der Waals surface area contributed by atoms with E-state index in [1.165, 1.54) is 0 Å². The van der Waals surface area contributed by atoms with E-state index < -0.39 is 12.6 Å². The Morgan fingerprint density at radius 3 is 2.68 bits per heavy atom. The number of halogens is 3. The molecule has 1 unspecified atom stereocenters. The molecule has 0 amide bonds. The number of hydrogen-bond acceptors (Lipinski definition) is 2. The molecule has 0 saturated heterocycles. The van der Waals surface area contributed by atoms with Crippen molar-refractivity contribution in [2.24, 2.45) is 0 Å². The summed E-state index contributed by atoms with van der Waals surface area (Å²) >= 11 is 0. The summed E-state index contributed by atoms with van der Waals surface area (Å²) in [7, 11) is 1.68. The van der Waals surface area contributed by atoms with Crippen LogP contribution in [0.15, 0.2) is 24.3 Å². The Balaban J connectivity index is 2.00. The summed E-state index contributed by atoms with van der Waals surface area (Å²) in [6.07, 6.45) is -2.45. The highest BCUT2D eigenvalue weighted by molar-refractivity contribution is 5.31. The van der Waals surface area contributed by atoms with Crippen LogP contribution < -0.4 is 10.1 Å². The first-order chi connectivity index (χ1) is 8.98. The quantitative estimate of drug-likeness (QED) is 0.850. The smallest absolute Gasteiger partial charge is 0.389 e. The second-order valence-corrected chi connectivity index (χ2v) is 4.88. The van der Waals surface area contributed by atoms with Crippen molar-refractivity contribution in [1.29, 1.82) is 0 Å². The first-order valence-corrected chi connectivity index (χ1v) is 6.48. The third-order valence-electron chi connectivity index (χ3n) is 3.15. The minimum Gasteiger partial charge on any atom is -0.490 e. The maximum Gasteiger partial charge on any atom is 0.389 e. The van der Waals surface area contributed by atoms with Crippen molar-refractivity contribution >= 4 is 0 Å². The van der Waals surface area contributed by atoms with Crippen molar-refractivity contribution in [2.45, 2.75) is 44.0 Å². The lowest BCUT2D eigenvalue weighted by Gasteiger charge is -2.18. The van der Waals surface area contributed by atoms with Gasteiger partial charge in [0.25, 0.3) is 0 Å². The molecule has 2 rings (SSSR count). The predicted octanol–water partition coefficient (Wildman–Crippen LogP) is 3.83. The van der Waals surface area contributed by atoms with E-state index >= 15 is 0 Å². The number of hydrogen-bond donors (Lipinski definition) is 1. The maximum absolute atomic E-state index is 12.3. The molecule has 1 aliphatic carbocycles. The van der Waals surface area contributed by atoms with Crippen molar-refractivity contribution in [2.75, 3.05) is 7.05 Å². The predicted molar refractivity (Wildman–Crippen MR) is 67.2 cm³/mol. The van der Waals surface area contributed by atoms with Crippen molar-refractivity contribution in [3.05, 3.63) is 29.8 Å². The Labute approximate surface area is 111 Å². The van der Waals surface area contributed by atoms with Gasteiger partial charge in [-0.05, 0) is 44.0 Å². The lowest BCUT2D eigenvalue weighted by Crippen LogP contribution is -2.19. The summed E-state index contributed by atoms with van der Waals surface area (Å²) in [5, 5.41) is 2.93. The molecule has 0 aromatic heterocycles. The minimum absolute atomic E-state index is 0.0346. The zero-order chi connectivity index (χ0) is 13.9. The Hall–Kier alpha value is -1.23. The second kappa shape index (κ2) is 5.82. The van der Waals surface area contributed by atoms with Crippen molar-refractivity contribution in [1.82, 2.24) is 5.32 Å². The molecule has 1 aliphatic rings. The van der Waals surface area contributed by atoms with Crippen LogP contribution in [0.1, 0.15) is 37.3 Å². The molecule has 1 N–H and O–H groups in total. The van der Waals surface area contributed by atoms with Crippen LogP contribution in [0.2, 0.25) is 0 Å². The highest BCUT2D eigenvalue weighted by Crippen LogP contribution is 2.31. The van der Waals surface area contributed by atoms with Gasteiger partial charge in [0.15, 0.2) is 0 Å². The average Bonchev–Trinajstić information content (AvgIpc) is 3.13. The number of rotatable bonds is 6. The van der Waals surface area contributed by atoms with Crippen LogP contribution in [-0.4, -0.2) is 19.3 Å². The molecule has 1 fully saturated rings. The minimum atomic E-state index is -4.11. The standard InChI is InChI=1S/C14H18F3NO/c1-18-13(7-8-14(15,16)17)10-3-2-4-12(9-10)19-11-5-6-11/h2-4,9,11,13,18H,5-8H2,1H3. The summed E-state index contributed by atoms with van der Waals surface area (Å²) < 4.78 is 42.5. The van der Waals surface area contributed by atoms with Crippen LogP contribution in [0.5, 0.6) is 5.75 Å². The molecule has 106 valence electrons. The average molecular weight is 273 g/mol. The van der Waals surface area contributed by atoms with Gasteiger partial charge in [-0.3, -0.25) is 0 Å². The third kappa shape index (κ3) is 4.74. The molecule has 1 aromatic rings. The molecule has 1 aromatic carbocycles. The SMILES string of the molecule is CNC(CCC(F)(F)F)c1cccc(OC2CC2)c1. The van der Waals surface area contributed by atoms with Crippen LogP contribution in [0.25, 0.3) is 0 Å². The Bertz CT molecular complexity index is 415. The van der Waals surface area contributed by atoms with Gasteiger partial charge in [0.1, 0.15) is 5.75 Å². The molecule has 1 saturated carbocycles. The van der Waals surface area contributed by atoms with E-state index in [2.05, 4.69) is 5.32 Å². The number of nitrogens with one attached hydrogen (secondary N) is 1. The normalized spacial score (nSPS) is 17.3. The number of ether oxygens (including phenoxy) is 1. The molecule has 0 bridgehead atoms. The molecule has 2 nitrogen and oxygen atoms in total. The molecule has 1 atom stereocenters. The summed E-state index contributed by atoms with van der Waals surface area (Å²) in [6, 6.07) is 7.03. The van der Waals surface area contributed by atoms with Crippen molar-refractivity contribution in [3.63, 3.8) is 0 Å².